The molecule has 0 radical (unpaired) electrons. The first-order valence-corrected chi connectivity index (χ1v) is 10.2. The number of rotatable bonds is 6. The summed E-state index contributed by atoms with van der Waals surface area (Å²) in [6.45, 7) is 9.12. The number of aryl methyl sites for hydroxylation is 1. The van der Waals surface area contributed by atoms with Crippen LogP contribution < -0.4 is 5.32 Å². The molecule has 1 atom stereocenters. The molecule has 5 heteroatoms. The summed E-state index contributed by atoms with van der Waals surface area (Å²) in [7, 11) is 4.03. The third kappa shape index (κ3) is 5.16. The normalized spacial score (nSPS) is 12.8. The van der Waals surface area contributed by atoms with Gasteiger partial charge in [-0.15, -0.1) is 0 Å². The predicted octanol–water partition coefficient (Wildman–Crippen LogP) is 4.98. The van der Waals surface area contributed by atoms with Crippen molar-refractivity contribution in [1.82, 2.24) is 15.4 Å². The van der Waals surface area contributed by atoms with Crippen LogP contribution in [-0.2, 0) is 5.41 Å². The number of likely N-dealkylation sites (N-methyl/N-ethyl adjacent to an activating group) is 1. The number of carbonyl (C=O) groups excluding carboxylic acids is 1. The van der Waals surface area contributed by atoms with Gasteiger partial charge in [0.1, 0.15) is 0 Å². The monoisotopic (exact) mass is 405 g/mol. The molecule has 3 rings (SSSR count). The first-order chi connectivity index (χ1) is 14.1. The molecule has 0 spiro atoms. The Bertz CT molecular complexity index is 980. The highest BCUT2D eigenvalue weighted by Gasteiger charge is 2.20. The second-order valence-electron chi connectivity index (χ2n) is 9.00. The van der Waals surface area contributed by atoms with Crippen LogP contribution in [0.4, 0.5) is 0 Å². The summed E-state index contributed by atoms with van der Waals surface area (Å²) in [5.41, 5.74) is 4.92. The van der Waals surface area contributed by atoms with Crippen LogP contribution >= 0.6 is 0 Å². The highest BCUT2D eigenvalue weighted by Crippen LogP contribution is 2.25. The van der Waals surface area contributed by atoms with E-state index in [4.69, 9.17) is 4.52 Å². The third-order valence-corrected chi connectivity index (χ3v) is 5.32. The van der Waals surface area contributed by atoms with E-state index in [1.807, 2.05) is 45.3 Å². The molecule has 2 aromatic carbocycles. The van der Waals surface area contributed by atoms with E-state index >= 15 is 0 Å². The van der Waals surface area contributed by atoms with Gasteiger partial charge in [0.25, 0.3) is 5.91 Å². The summed E-state index contributed by atoms with van der Waals surface area (Å²) in [5, 5.41) is 6.94. The Hall–Kier alpha value is -2.92. The maximum atomic E-state index is 12.6. The molecule has 1 amide bonds. The SMILES string of the molecule is Cc1ccc(-c2cc(C(=O)NC[C@@H](c3ccc(C(C)(C)C)cc3)N(C)C)no2)cc1. The maximum absolute atomic E-state index is 12.6. The molecule has 1 aromatic heterocycles. The average molecular weight is 406 g/mol. The van der Waals surface area contributed by atoms with Crippen LogP contribution in [0.25, 0.3) is 11.3 Å². The van der Waals surface area contributed by atoms with Gasteiger partial charge in [0, 0.05) is 18.2 Å². The standard InChI is InChI=1S/C25H31N3O2/c1-17-7-9-19(10-8-17)23-15-21(27-30-23)24(29)26-16-22(28(5)6)18-11-13-20(14-12-18)25(2,3)4/h7-15,22H,16H2,1-6H3,(H,26,29)/t22-/m0/s1. The Labute approximate surface area is 179 Å². The van der Waals surface area contributed by atoms with E-state index in [-0.39, 0.29) is 23.1 Å². The van der Waals surface area contributed by atoms with Crippen molar-refractivity contribution in [3.63, 3.8) is 0 Å². The van der Waals surface area contributed by atoms with Crippen LogP contribution in [0.15, 0.2) is 59.1 Å². The predicted molar refractivity (Wildman–Crippen MR) is 121 cm³/mol. The molecule has 1 N–H and O–H groups in total. The second-order valence-corrected chi connectivity index (χ2v) is 9.00. The molecule has 0 unspecified atom stereocenters. The van der Waals surface area contributed by atoms with E-state index in [1.165, 1.54) is 11.1 Å². The minimum Gasteiger partial charge on any atom is -0.355 e. The van der Waals surface area contributed by atoms with E-state index < -0.39 is 0 Å². The molecule has 0 fully saturated rings. The molecule has 3 aromatic rings. The third-order valence-electron chi connectivity index (χ3n) is 5.32. The number of benzene rings is 2. The lowest BCUT2D eigenvalue weighted by Crippen LogP contribution is -2.34. The average Bonchev–Trinajstić information content (AvgIpc) is 3.18. The van der Waals surface area contributed by atoms with Gasteiger partial charge in [-0.3, -0.25) is 4.79 Å². The van der Waals surface area contributed by atoms with E-state index in [0.29, 0.717) is 12.3 Å². The summed E-state index contributed by atoms with van der Waals surface area (Å²) in [6, 6.07) is 18.3. The molecule has 0 bridgehead atoms. The number of carbonyl (C=O) groups is 1. The highest BCUT2D eigenvalue weighted by atomic mass is 16.5. The molecule has 0 saturated carbocycles. The van der Waals surface area contributed by atoms with Crippen LogP contribution in [0.1, 0.15) is 54.0 Å². The Morgan fingerprint density at radius 2 is 1.70 bits per heavy atom. The molecular weight excluding hydrogens is 374 g/mol. The van der Waals surface area contributed by atoms with Gasteiger partial charge in [-0.2, -0.15) is 0 Å². The Morgan fingerprint density at radius 3 is 2.27 bits per heavy atom. The second kappa shape index (κ2) is 8.84. The molecule has 0 aliphatic carbocycles. The zero-order valence-corrected chi connectivity index (χ0v) is 18.7. The van der Waals surface area contributed by atoms with Gasteiger partial charge >= 0.3 is 0 Å². The van der Waals surface area contributed by atoms with Crippen LogP contribution in [0.5, 0.6) is 0 Å². The number of hydrogen-bond acceptors (Lipinski definition) is 4. The van der Waals surface area contributed by atoms with Crippen molar-refractivity contribution in [2.24, 2.45) is 0 Å². The van der Waals surface area contributed by atoms with Crippen molar-refractivity contribution in [1.29, 1.82) is 0 Å². The lowest BCUT2D eigenvalue weighted by atomic mass is 9.86. The lowest BCUT2D eigenvalue weighted by Gasteiger charge is -2.26. The minimum absolute atomic E-state index is 0.0615. The van der Waals surface area contributed by atoms with E-state index in [1.54, 1.807) is 6.07 Å². The van der Waals surface area contributed by atoms with Crippen molar-refractivity contribution in [2.75, 3.05) is 20.6 Å². The van der Waals surface area contributed by atoms with Gasteiger partial charge in [-0.25, -0.2) is 0 Å². The Morgan fingerprint density at radius 1 is 1.07 bits per heavy atom. The molecule has 158 valence electrons. The van der Waals surface area contributed by atoms with Crippen molar-refractivity contribution in [3.8, 4) is 11.3 Å². The first-order valence-electron chi connectivity index (χ1n) is 10.2. The quantitative estimate of drug-likeness (QED) is 0.628. The van der Waals surface area contributed by atoms with Crippen LogP contribution in [0.3, 0.4) is 0 Å². The number of amides is 1. The summed E-state index contributed by atoms with van der Waals surface area (Å²) >= 11 is 0. The van der Waals surface area contributed by atoms with E-state index in [2.05, 4.69) is 60.4 Å². The number of aromatic nitrogens is 1. The van der Waals surface area contributed by atoms with Crippen molar-refractivity contribution >= 4 is 5.91 Å². The summed E-state index contributed by atoms with van der Waals surface area (Å²) in [5.74, 6) is 0.345. The van der Waals surface area contributed by atoms with Crippen LogP contribution in [0, 0.1) is 6.92 Å². The van der Waals surface area contributed by atoms with Crippen LogP contribution in [0.2, 0.25) is 0 Å². The largest absolute Gasteiger partial charge is 0.355 e. The molecule has 5 nitrogen and oxygen atoms in total. The molecule has 0 aliphatic heterocycles. The fourth-order valence-electron chi connectivity index (χ4n) is 3.32. The van der Waals surface area contributed by atoms with E-state index in [0.717, 1.165) is 11.1 Å². The zero-order chi connectivity index (χ0) is 21.9. The van der Waals surface area contributed by atoms with Crippen molar-refractivity contribution in [3.05, 3.63) is 77.0 Å². The minimum atomic E-state index is -0.240. The number of nitrogens with zero attached hydrogens (tertiary/aromatic N) is 2. The Kier molecular flexibility index (Phi) is 6.42. The topological polar surface area (TPSA) is 58.4 Å². The fraction of sp³-hybridized carbons (Fsp3) is 0.360. The van der Waals surface area contributed by atoms with Gasteiger partial charge in [0.2, 0.25) is 0 Å². The first kappa shape index (κ1) is 21.8. The Balaban J connectivity index is 1.68. The van der Waals surface area contributed by atoms with E-state index in [9.17, 15) is 4.79 Å². The summed E-state index contributed by atoms with van der Waals surface area (Å²) < 4.78 is 5.37. The fourth-order valence-corrected chi connectivity index (χ4v) is 3.32. The van der Waals surface area contributed by atoms with Crippen molar-refractivity contribution < 1.29 is 9.32 Å². The van der Waals surface area contributed by atoms with Gasteiger partial charge in [-0.05, 0) is 37.6 Å². The number of hydrogen-bond donors (Lipinski definition) is 1. The van der Waals surface area contributed by atoms with Gasteiger partial charge < -0.3 is 14.7 Å². The summed E-state index contributed by atoms with van der Waals surface area (Å²) in [6.07, 6.45) is 0. The number of nitrogens with one attached hydrogen (secondary N) is 1. The molecule has 0 aliphatic rings. The van der Waals surface area contributed by atoms with Crippen molar-refractivity contribution in [2.45, 2.75) is 39.2 Å². The van der Waals surface area contributed by atoms with Crippen LogP contribution in [-0.4, -0.2) is 36.6 Å². The van der Waals surface area contributed by atoms with Gasteiger partial charge in [-0.1, -0.05) is 80.0 Å². The molecular formula is C25H31N3O2. The molecule has 1 heterocycles. The summed E-state index contributed by atoms with van der Waals surface area (Å²) in [4.78, 5) is 14.7. The zero-order valence-electron chi connectivity index (χ0n) is 18.7. The molecule has 30 heavy (non-hydrogen) atoms. The van der Waals surface area contributed by atoms with Gasteiger partial charge in [0.15, 0.2) is 11.5 Å². The highest BCUT2D eigenvalue weighted by molar-refractivity contribution is 5.93. The molecule has 0 saturated heterocycles. The maximum Gasteiger partial charge on any atom is 0.273 e. The van der Waals surface area contributed by atoms with Gasteiger partial charge in [0.05, 0.1) is 6.04 Å². The smallest absolute Gasteiger partial charge is 0.273 e. The lowest BCUT2D eigenvalue weighted by molar-refractivity contribution is 0.0933.